The molecule has 2 aliphatic heterocycles. The Morgan fingerprint density at radius 2 is 1.46 bits per heavy atom. The van der Waals surface area contributed by atoms with Crippen LogP contribution >= 0.6 is 0 Å². The molecule has 0 radical (unpaired) electrons. The fourth-order valence-electron chi connectivity index (χ4n) is 8.10. The van der Waals surface area contributed by atoms with E-state index in [4.69, 9.17) is 14.2 Å². The fraction of sp³-hybridized carbons (Fsp3) is 0.421. The summed E-state index contributed by atoms with van der Waals surface area (Å²) in [5.74, 6) is -5.39. The first-order chi connectivity index (χ1) is 25.0. The Labute approximate surface area is 297 Å². The second kappa shape index (κ2) is 13.6. The van der Waals surface area contributed by atoms with E-state index < -0.39 is 60.5 Å². The fourth-order valence-corrected chi connectivity index (χ4v) is 8.10. The summed E-state index contributed by atoms with van der Waals surface area (Å²) in [6.45, 7) is 3.04. The van der Waals surface area contributed by atoms with Crippen LogP contribution in [0.5, 0.6) is 11.5 Å². The van der Waals surface area contributed by atoms with E-state index in [0.717, 1.165) is 22.3 Å². The monoisotopic (exact) mass is 719 g/mol. The van der Waals surface area contributed by atoms with Crippen molar-refractivity contribution in [3.63, 3.8) is 0 Å². The predicted molar refractivity (Wildman–Crippen MR) is 181 cm³/mol. The number of nitrogens with zero attached hydrogens (tertiary/aromatic N) is 3. The highest BCUT2D eigenvalue weighted by Crippen LogP contribution is 2.70. The number of pyridine rings is 1. The first-order valence-corrected chi connectivity index (χ1v) is 17.3. The van der Waals surface area contributed by atoms with Gasteiger partial charge in [-0.3, -0.25) is 14.8 Å². The number of aromatic nitrogens is 1. The number of alkyl halides is 2. The van der Waals surface area contributed by atoms with Gasteiger partial charge in [0.05, 0.1) is 17.9 Å². The maximum absolute atomic E-state index is 15.1. The highest BCUT2D eigenvalue weighted by atomic mass is 19.3. The third kappa shape index (κ3) is 6.07. The van der Waals surface area contributed by atoms with E-state index >= 15 is 8.78 Å². The molecule has 1 aromatic heterocycles. The number of piperazine rings is 1. The predicted octanol–water partition coefficient (Wildman–Crippen LogP) is 2.48. The summed E-state index contributed by atoms with van der Waals surface area (Å²) in [7, 11) is 0. The van der Waals surface area contributed by atoms with Crippen molar-refractivity contribution in [1.82, 2.24) is 14.8 Å². The van der Waals surface area contributed by atoms with Crippen LogP contribution in [0.2, 0.25) is 0 Å². The molecule has 12 nitrogen and oxygen atoms in total. The van der Waals surface area contributed by atoms with Gasteiger partial charge in [0.2, 0.25) is 6.29 Å². The van der Waals surface area contributed by atoms with E-state index in [1.165, 1.54) is 12.3 Å². The van der Waals surface area contributed by atoms with Gasteiger partial charge in [-0.2, -0.15) is 0 Å². The summed E-state index contributed by atoms with van der Waals surface area (Å²) < 4.78 is 47.2. The van der Waals surface area contributed by atoms with E-state index in [-0.39, 0.29) is 18.4 Å². The minimum absolute atomic E-state index is 0.0282. The van der Waals surface area contributed by atoms with E-state index in [2.05, 4.69) is 14.8 Å². The molecule has 274 valence electrons. The molecule has 14 heteroatoms. The Morgan fingerprint density at radius 3 is 2.10 bits per heavy atom. The molecule has 9 atom stereocenters. The van der Waals surface area contributed by atoms with Crippen molar-refractivity contribution in [2.45, 2.75) is 60.6 Å². The lowest BCUT2D eigenvalue weighted by Crippen LogP contribution is -2.61. The summed E-state index contributed by atoms with van der Waals surface area (Å²) in [5, 5.41) is 51.5. The van der Waals surface area contributed by atoms with E-state index in [1.54, 1.807) is 18.2 Å². The van der Waals surface area contributed by atoms with Crippen LogP contribution in [-0.4, -0.2) is 128 Å². The molecule has 0 spiro atoms. The lowest BCUT2D eigenvalue weighted by molar-refractivity contribution is -0.270. The molecule has 2 aliphatic carbocycles. The van der Waals surface area contributed by atoms with Gasteiger partial charge in [0.15, 0.2) is 6.10 Å². The largest absolute Gasteiger partial charge is 0.490 e. The van der Waals surface area contributed by atoms with Crippen LogP contribution in [0, 0.1) is 0 Å². The van der Waals surface area contributed by atoms with Gasteiger partial charge in [-0.25, -0.2) is 13.6 Å². The number of hydrogen-bond donors (Lipinski definition) is 5. The molecule has 3 fully saturated rings. The molecule has 1 unspecified atom stereocenters. The van der Waals surface area contributed by atoms with Crippen molar-refractivity contribution in [1.29, 1.82) is 0 Å². The first-order valence-electron chi connectivity index (χ1n) is 17.3. The average Bonchev–Trinajstić information content (AvgIpc) is 3.76. The van der Waals surface area contributed by atoms with Crippen LogP contribution in [0.4, 0.5) is 8.78 Å². The number of fused-ring (bicyclic) bond motifs is 6. The molecule has 52 heavy (non-hydrogen) atoms. The van der Waals surface area contributed by atoms with Crippen LogP contribution in [0.25, 0.3) is 10.9 Å². The number of carboxylic acids is 1. The molecule has 0 bridgehead atoms. The maximum atomic E-state index is 15.1. The van der Waals surface area contributed by atoms with Crippen molar-refractivity contribution in [2.75, 3.05) is 39.3 Å². The third-order valence-corrected chi connectivity index (χ3v) is 10.7. The summed E-state index contributed by atoms with van der Waals surface area (Å²) >= 11 is 0. The number of hydrogen-bond acceptors (Lipinski definition) is 11. The summed E-state index contributed by atoms with van der Waals surface area (Å²) in [4.78, 5) is 20.4. The summed E-state index contributed by atoms with van der Waals surface area (Å²) in [5.41, 5.74) is 3.62. The normalized spacial score (nSPS) is 30.3. The van der Waals surface area contributed by atoms with Crippen LogP contribution in [-0.2, 0) is 9.53 Å². The van der Waals surface area contributed by atoms with E-state index in [0.29, 0.717) is 49.4 Å². The Hall–Kier alpha value is -4.28. The van der Waals surface area contributed by atoms with Crippen LogP contribution in [0.1, 0.15) is 40.1 Å². The van der Waals surface area contributed by atoms with E-state index in [9.17, 15) is 30.3 Å². The number of β-amino-alcohol motifs (C(OH)–C–C–N with tert-alkyl or cyclic N) is 1. The van der Waals surface area contributed by atoms with Crippen molar-refractivity contribution in [2.24, 2.45) is 0 Å². The topological polar surface area (TPSA) is 165 Å². The highest BCUT2D eigenvalue weighted by Gasteiger charge is 2.71. The molecule has 8 rings (SSSR count). The first kappa shape index (κ1) is 34.8. The standard InChI is InChI=1S/C38H39F2N3O9/c39-38(40)28-21-6-1-3-8-23(21)31(24-9-4-2-7-22(24)29(28)38)43-16-14-42(15-17-43)18-20(44)19-50-26-11-12-27(30-25(26)10-5-13-41-30)51-37-34(47)32(45)33(46)35(52-37)36(48)49/h1-13,20,28-29,31-35,37,44-47H,14-19H2,(H,48,49)/t20-,28-,29+,31?,32+,33+,34-,35+,37-/m1/s1. The number of ether oxygens (including phenoxy) is 3. The highest BCUT2D eigenvalue weighted by molar-refractivity contribution is 5.90. The Kier molecular flexibility index (Phi) is 9.10. The zero-order valence-corrected chi connectivity index (χ0v) is 27.9. The molecule has 3 aromatic carbocycles. The average molecular weight is 720 g/mol. The van der Waals surface area contributed by atoms with Gasteiger partial charge in [-0.05, 0) is 46.5 Å². The molecule has 0 amide bonds. The third-order valence-electron chi connectivity index (χ3n) is 10.7. The van der Waals surface area contributed by atoms with Gasteiger partial charge >= 0.3 is 5.97 Å². The SMILES string of the molecule is O=C(O)[C@H]1O[C@@H](Oc2ccc(OC[C@H](O)CN3CCN(C4c5ccccc5[C@@H]5[C@H](c6ccccc64)C5(F)F)CC3)c3cccnc23)[C@H](O)[C@@H](O)[C@@H]1O. The smallest absolute Gasteiger partial charge is 0.335 e. The van der Waals surface area contributed by atoms with Gasteiger partial charge in [0.1, 0.15) is 48.0 Å². The molecule has 5 N–H and O–H groups in total. The van der Waals surface area contributed by atoms with Crippen LogP contribution in [0.15, 0.2) is 79.0 Å². The minimum atomic E-state index is -2.76. The second-order valence-corrected chi connectivity index (χ2v) is 13.9. The summed E-state index contributed by atoms with van der Waals surface area (Å²) in [6.07, 6.45) is -8.17. The van der Waals surface area contributed by atoms with Gasteiger partial charge < -0.3 is 39.7 Å². The van der Waals surface area contributed by atoms with Gasteiger partial charge in [-0.1, -0.05) is 48.5 Å². The number of benzene rings is 3. The molecule has 3 heterocycles. The molecular weight excluding hydrogens is 680 g/mol. The van der Waals surface area contributed by atoms with Crippen molar-refractivity contribution < 1.29 is 53.3 Å². The number of aliphatic hydroxyl groups excluding tert-OH is 4. The Morgan fingerprint density at radius 1 is 0.846 bits per heavy atom. The zero-order chi connectivity index (χ0) is 36.3. The molecular formula is C38H39F2N3O9. The Balaban J connectivity index is 0.909. The number of rotatable bonds is 9. The molecule has 1 saturated carbocycles. The number of aliphatic carboxylic acids is 1. The number of halogens is 2. The molecule has 2 saturated heterocycles. The van der Waals surface area contributed by atoms with Gasteiger partial charge in [0, 0.05) is 44.3 Å². The quantitative estimate of drug-likeness (QED) is 0.172. The van der Waals surface area contributed by atoms with Crippen molar-refractivity contribution in [3.8, 4) is 11.5 Å². The zero-order valence-electron chi connectivity index (χ0n) is 27.9. The summed E-state index contributed by atoms with van der Waals surface area (Å²) in [6, 6.07) is 21.5. The van der Waals surface area contributed by atoms with Gasteiger partial charge in [0.25, 0.3) is 5.92 Å². The van der Waals surface area contributed by atoms with Crippen LogP contribution in [0.3, 0.4) is 0 Å². The maximum Gasteiger partial charge on any atom is 0.335 e. The van der Waals surface area contributed by atoms with Crippen molar-refractivity contribution >= 4 is 16.9 Å². The number of carboxylic acid groups (broad SMARTS) is 1. The van der Waals surface area contributed by atoms with Crippen molar-refractivity contribution in [3.05, 3.63) is 101 Å². The minimum Gasteiger partial charge on any atom is -0.490 e. The number of carbonyl (C=O) groups is 1. The lowest BCUT2D eigenvalue weighted by atomic mass is 9.90. The molecule has 4 aromatic rings. The van der Waals surface area contributed by atoms with E-state index in [1.807, 2.05) is 48.5 Å². The number of aliphatic hydroxyl groups is 4. The van der Waals surface area contributed by atoms with Gasteiger partial charge in [-0.15, -0.1) is 0 Å². The lowest BCUT2D eigenvalue weighted by Gasteiger charge is -2.41. The van der Waals surface area contributed by atoms with Crippen LogP contribution < -0.4 is 9.47 Å². The second-order valence-electron chi connectivity index (χ2n) is 13.9. The Bertz CT molecular complexity index is 1900. The molecule has 4 aliphatic rings.